The lowest BCUT2D eigenvalue weighted by Crippen LogP contribution is -2.51. The molecule has 1 aromatic carbocycles. The average molecular weight is 255 g/mol. The molecule has 0 aliphatic rings. The Morgan fingerprint density at radius 2 is 1.88 bits per heavy atom. The van der Waals surface area contributed by atoms with Crippen LogP contribution in [0.2, 0.25) is 5.02 Å². The van der Waals surface area contributed by atoms with Gasteiger partial charge in [0.15, 0.2) is 0 Å². The van der Waals surface area contributed by atoms with Crippen LogP contribution in [0.4, 0.5) is 0 Å². The minimum absolute atomic E-state index is 0.0406. The van der Waals surface area contributed by atoms with Crippen LogP contribution < -0.4 is 5.73 Å². The summed E-state index contributed by atoms with van der Waals surface area (Å²) in [5, 5.41) is 0.744. The largest absolute Gasteiger partial charge is 0.322 e. The van der Waals surface area contributed by atoms with Crippen molar-refractivity contribution in [2.24, 2.45) is 5.73 Å². The highest BCUT2D eigenvalue weighted by Crippen LogP contribution is 2.29. The summed E-state index contributed by atoms with van der Waals surface area (Å²) >= 11 is 6.02. The first kappa shape index (κ1) is 14.5. The number of hydrogen-bond donors (Lipinski definition) is 1. The van der Waals surface area contributed by atoms with Crippen LogP contribution in [-0.4, -0.2) is 23.5 Å². The molecule has 0 spiro atoms. The molecule has 17 heavy (non-hydrogen) atoms. The Labute approximate surface area is 110 Å². The number of rotatable bonds is 5. The molecule has 0 saturated carbocycles. The van der Waals surface area contributed by atoms with E-state index in [1.807, 2.05) is 24.3 Å². The highest BCUT2D eigenvalue weighted by molar-refractivity contribution is 6.30. The molecule has 0 heterocycles. The minimum atomic E-state index is -0.0752. The summed E-state index contributed by atoms with van der Waals surface area (Å²) in [5.41, 5.74) is 7.41. The van der Waals surface area contributed by atoms with Gasteiger partial charge in [-0.1, -0.05) is 37.6 Å². The lowest BCUT2D eigenvalue weighted by atomic mass is 9.87. The molecular weight excluding hydrogens is 232 g/mol. The zero-order chi connectivity index (χ0) is 13.1. The van der Waals surface area contributed by atoms with Gasteiger partial charge in [-0.3, -0.25) is 4.90 Å². The Kier molecular flexibility index (Phi) is 4.99. The molecule has 2 nitrogen and oxygen atoms in total. The number of likely N-dealkylation sites (N-methyl/N-ethyl adjacent to an activating group) is 1. The molecule has 0 amide bonds. The van der Waals surface area contributed by atoms with E-state index in [4.69, 9.17) is 17.3 Å². The Balaban J connectivity index is 2.98. The van der Waals surface area contributed by atoms with Crippen molar-refractivity contribution in [1.29, 1.82) is 0 Å². The molecule has 1 rings (SSSR count). The van der Waals surface area contributed by atoms with Crippen LogP contribution in [0.1, 0.15) is 39.3 Å². The van der Waals surface area contributed by atoms with Crippen LogP contribution in [0.5, 0.6) is 0 Å². The normalized spacial score (nSPS) is 14.1. The Bertz CT molecular complexity index is 359. The van der Waals surface area contributed by atoms with Crippen LogP contribution in [-0.2, 0) is 0 Å². The van der Waals surface area contributed by atoms with Gasteiger partial charge in [-0.15, -0.1) is 0 Å². The van der Waals surface area contributed by atoms with Gasteiger partial charge in [0, 0.05) is 16.6 Å². The zero-order valence-corrected chi connectivity index (χ0v) is 12.0. The fraction of sp³-hybridized carbons (Fsp3) is 0.571. The molecule has 96 valence electrons. The van der Waals surface area contributed by atoms with Crippen molar-refractivity contribution in [3.8, 4) is 0 Å². The molecule has 0 fully saturated rings. The molecule has 0 bridgehead atoms. The molecule has 0 saturated heterocycles. The lowest BCUT2D eigenvalue weighted by Gasteiger charge is -2.42. The average Bonchev–Trinajstić information content (AvgIpc) is 2.29. The summed E-state index contributed by atoms with van der Waals surface area (Å²) < 4.78 is 0. The topological polar surface area (TPSA) is 29.3 Å². The third kappa shape index (κ3) is 3.21. The monoisotopic (exact) mass is 254 g/mol. The molecule has 0 radical (unpaired) electrons. The van der Waals surface area contributed by atoms with Crippen LogP contribution >= 0.6 is 11.6 Å². The number of nitrogens with two attached hydrogens (primary N) is 1. The maximum atomic E-state index is 6.39. The van der Waals surface area contributed by atoms with Gasteiger partial charge in [0.2, 0.25) is 0 Å². The van der Waals surface area contributed by atoms with Gasteiger partial charge in [-0.2, -0.15) is 0 Å². The first-order chi connectivity index (χ1) is 7.93. The van der Waals surface area contributed by atoms with E-state index in [-0.39, 0.29) is 11.6 Å². The summed E-state index contributed by atoms with van der Waals surface area (Å²) in [6.45, 7) is 10.7. The molecule has 0 aliphatic carbocycles. The third-order valence-corrected chi connectivity index (χ3v) is 3.78. The van der Waals surface area contributed by atoms with E-state index in [1.54, 1.807) is 0 Å². The third-order valence-electron chi connectivity index (χ3n) is 3.55. The Morgan fingerprint density at radius 3 is 2.35 bits per heavy atom. The van der Waals surface area contributed by atoms with Crippen LogP contribution in [0.25, 0.3) is 0 Å². The van der Waals surface area contributed by atoms with Gasteiger partial charge in [-0.05, 0) is 44.6 Å². The summed E-state index contributed by atoms with van der Waals surface area (Å²) in [4.78, 5) is 2.37. The fourth-order valence-electron chi connectivity index (χ4n) is 2.34. The maximum absolute atomic E-state index is 6.39. The SMILES string of the molecule is CCN(CC)C(C)(C)C(N)c1cccc(Cl)c1. The van der Waals surface area contributed by atoms with Crippen molar-refractivity contribution in [2.75, 3.05) is 13.1 Å². The number of hydrogen-bond acceptors (Lipinski definition) is 2. The summed E-state index contributed by atoms with van der Waals surface area (Å²) in [6, 6.07) is 7.79. The maximum Gasteiger partial charge on any atom is 0.0477 e. The molecule has 3 heteroatoms. The van der Waals surface area contributed by atoms with Gasteiger partial charge in [0.1, 0.15) is 0 Å². The zero-order valence-electron chi connectivity index (χ0n) is 11.2. The Hall–Kier alpha value is -0.570. The quantitative estimate of drug-likeness (QED) is 0.872. The van der Waals surface area contributed by atoms with E-state index in [1.165, 1.54) is 0 Å². The van der Waals surface area contributed by atoms with Gasteiger partial charge < -0.3 is 5.73 Å². The van der Waals surface area contributed by atoms with Crippen LogP contribution in [0, 0.1) is 0 Å². The molecule has 1 unspecified atom stereocenters. The molecule has 1 aromatic rings. The Morgan fingerprint density at radius 1 is 1.29 bits per heavy atom. The van der Waals surface area contributed by atoms with Gasteiger partial charge in [0.25, 0.3) is 0 Å². The smallest absolute Gasteiger partial charge is 0.0477 e. The standard InChI is InChI=1S/C14H23ClN2/c1-5-17(6-2)14(3,4)13(16)11-8-7-9-12(15)10-11/h7-10,13H,5-6,16H2,1-4H3. The second kappa shape index (κ2) is 5.85. The molecule has 0 aromatic heterocycles. The molecular formula is C14H23ClN2. The summed E-state index contributed by atoms with van der Waals surface area (Å²) in [7, 11) is 0. The van der Waals surface area contributed by atoms with Gasteiger partial charge >= 0.3 is 0 Å². The first-order valence-corrected chi connectivity index (χ1v) is 6.57. The number of benzene rings is 1. The van der Waals surface area contributed by atoms with Crippen molar-refractivity contribution in [3.63, 3.8) is 0 Å². The van der Waals surface area contributed by atoms with Crippen LogP contribution in [0.3, 0.4) is 0 Å². The van der Waals surface area contributed by atoms with Crippen molar-refractivity contribution in [2.45, 2.75) is 39.3 Å². The van der Waals surface area contributed by atoms with Gasteiger partial charge in [-0.25, -0.2) is 0 Å². The number of halogens is 1. The van der Waals surface area contributed by atoms with Crippen molar-refractivity contribution < 1.29 is 0 Å². The molecule has 2 N–H and O–H groups in total. The minimum Gasteiger partial charge on any atom is -0.322 e. The molecule has 0 aliphatic heterocycles. The van der Waals surface area contributed by atoms with E-state index in [0.29, 0.717) is 0 Å². The first-order valence-electron chi connectivity index (χ1n) is 6.19. The van der Waals surface area contributed by atoms with Crippen molar-refractivity contribution in [1.82, 2.24) is 4.90 Å². The van der Waals surface area contributed by atoms with Crippen molar-refractivity contribution >= 4 is 11.6 Å². The second-order valence-corrected chi connectivity index (χ2v) is 5.30. The predicted octanol–water partition coefficient (Wildman–Crippen LogP) is 3.46. The predicted molar refractivity (Wildman–Crippen MR) is 75.4 cm³/mol. The van der Waals surface area contributed by atoms with E-state index in [9.17, 15) is 0 Å². The lowest BCUT2D eigenvalue weighted by molar-refractivity contribution is 0.107. The van der Waals surface area contributed by atoms with E-state index >= 15 is 0 Å². The summed E-state index contributed by atoms with van der Waals surface area (Å²) in [5.74, 6) is 0. The number of nitrogens with zero attached hydrogens (tertiary/aromatic N) is 1. The van der Waals surface area contributed by atoms with E-state index in [2.05, 4.69) is 32.6 Å². The highest BCUT2D eigenvalue weighted by atomic mass is 35.5. The van der Waals surface area contributed by atoms with Gasteiger partial charge in [0.05, 0.1) is 0 Å². The second-order valence-electron chi connectivity index (χ2n) is 4.86. The summed E-state index contributed by atoms with van der Waals surface area (Å²) in [6.07, 6.45) is 0. The fourth-order valence-corrected chi connectivity index (χ4v) is 2.54. The van der Waals surface area contributed by atoms with E-state index in [0.717, 1.165) is 23.7 Å². The molecule has 1 atom stereocenters. The highest BCUT2D eigenvalue weighted by Gasteiger charge is 2.32. The van der Waals surface area contributed by atoms with Crippen LogP contribution in [0.15, 0.2) is 24.3 Å². The van der Waals surface area contributed by atoms with Crippen molar-refractivity contribution in [3.05, 3.63) is 34.9 Å². The van der Waals surface area contributed by atoms with E-state index < -0.39 is 0 Å².